The maximum Gasteiger partial charge on any atom is 0.335 e. The number of nitrogens with two attached hydrogens (primary N) is 1. The van der Waals surface area contributed by atoms with Gasteiger partial charge in [0, 0.05) is 10.6 Å². The number of hydrogen-bond donors (Lipinski definition) is 2. The van der Waals surface area contributed by atoms with Crippen LogP contribution < -0.4 is 10.5 Å². The molecular formula is C14H11ClFNO3. The predicted octanol–water partition coefficient (Wildman–Crippen LogP) is 3.34. The number of benzene rings is 2. The van der Waals surface area contributed by atoms with E-state index in [9.17, 15) is 9.18 Å². The third-order valence-electron chi connectivity index (χ3n) is 2.65. The second-order valence-electron chi connectivity index (χ2n) is 4.08. The largest absolute Gasteiger partial charge is 0.487 e. The number of carboxylic acid groups (broad SMARTS) is 1. The molecule has 2 aromatic carbocycles. The lowest BCUT2D eigenvalue weighted by molar-refractivity contribution is 0.0697. The van der Waals surface area contributed by atoms with Crippen LogP contribution in [-0.2, 0) is 6.61 Å². The molecule has 2 rings (SSSR count). The predicted molar refractivity (Wildman–Crippen MR) is 73.6 cm³/mol. The van der Waals surface area contributed by atoms with Gasteiger partial charge in [0.25, 0.3) is 0 Å². The summed E-state index contributed by atoms with van der Waals surface area (Å²) >= 11 is 5.91. The molecule has 0 aliphatic heterocycles. The highest BCUT2D eigenvalue weighted by Gasteiger charge is 2.08. The molecule has 0 aliphatic carbocycles. The summed E-state index contributed by atoms with van der Waals surface area (Å²) in [4.78, 5) is 10.8. The number of carboxylic acids is 1. The van der Waals surface area contributed by atoms with Crippen LogP contribution >= 0.6 is 11.6 Å². The van der Waals surface area contributed by atoms with Crippen LogP contribution in [0.25, 0.3) is 0 Å². The fourth-order valence-electron chi connectivity index (χ4n) is 1.62. The minimum absolute atomic E-state index is 0.0349. The van der Waals surface area contributed by atoms with E-state index in [0.29, 0.717) is 16.3 Å². The van der Waals surface area contributed by atoms with Crippen LogP contribution in [0.15, 0.2) is 36.4 Å². The van der Waals surface area contributed by atoms with Crippen LogP contribution in [0.5, 0.6) is 5.75 Å². The number of rotatable bonds is 4. The number of aromatic carboxylic acids is 1. The van der Waals surface area contributed by atoms with Crippen molar-refractivity contribution in [3.63, 3.8) is 0 Å². The number of ether oxygens (including phenoxy) is 1. The van der Waals surface area contributed by atoms with E-state index in [1.54, 1.807) is 0 Å². The Bertz CT molecular complexity index is 661. The van der Waals surface area contributed by atoms with Crippen LogP contribution in [0.1, 0.15) is 15.9 Å². The van der Waals surface area contributed by atoms with Crippen molar-refractivity contribution in [3.05, 3.63) is 58.4 Å². The van der Waals surface area contributed by atoms with E-state index in [1.165, 1.54) is 36.4 Å². The van der Waals surface area contributed by atoms with Gasteiger partial charge in [0.2, 0.25) is 0 Å². The Morgan fingerprint density at radius 2 is 2.05 bits per heavy atom. The molecule has 0 atom stereocenters. The Labute approximate surface area is 119 Å². The van der Waals surface area contributed by atoms with Gasteiger partial charge < -0.3 is 15.6 Å². The Kier molecular flexibility index (Phi) is 4.10. The van der Waals surface area contributed by atoms with Crippen LogP contribution in [-0.4, -0.2) is 11.1 Å². The summed E-state index contributed by atoms with van der Waals surface area (Å²) in [5.41, 5.74) is 6.44. The zero-order chi connectivity index (χ0) is 14.7. The third-order valence-corrected chi connectivity index (χ3v) is 3.02. The lowest BCUT2D eigenvalue weighted by Gasteiger charge is -2.10. The highest BCUT2D eigenvalue weighted by Crippen LogP contribution is 2.25. The zero-order valence-electron chi connectivity index (χ0n) is 10.3. The van der Waals surface area contributed by atoms with Crippen molar-refractivity contribution in [2.45, 2.75) is 6.61 Å². The molecule has 4 nitrogen and oxygen atoms in total. The van der Waals surface area contributed by atoms with Gasteiger partial charge in [-0.05, 0) is 36.4 Å². The highest BCUT2D eigenvalue weighted by atomic mass is 35.5. The van der Waals surface area contributed by atoms with E-state index >= 15 is 0 Å². The summed E-state index contributed by atoms with van der Waals surface area (Å²) in [6.07, 6.45) is 0. The summed E-state index contributed by atoms with van der Waals surface area (Å²) in [7, 11) is 0. The quantitative estimate of drug-likeness (QED) is 0.849. The van der Waals surface area contributed by atoms with Crippen LogP contribution in [0.4, 0.5) is 10.1 Å². The smallest absolute Gasteiger partial charge is 0.335 e. The van der Waals surface area contributed by atoms with Gasteiger partial charge in [-0.1, -0.05) is 11.6 Å². The fourth-order valence-corrected chi connectivity index (χ4v) is 1.79. The number of halogens is 2. The SMILES string of the molecule is Nc1cc(C(=O)O)ccc1OCc1cc(F)ccc1Cl. The summed E-state index contributed by atoms with van der Waals surface area (Å²) in [5.74, 6) is -1.17. The minimum atomic E-state index is -1.07. The van der Waals surface area contributed by atoms with Crippen molar-refractivity contribution in [1.29, 1.82) is 0 Å². The number of carbonyl (C=O) groups is 1. The number of hydrogen-bond acceptors (Lipinski definition) is 3. The first kappa shape index (κ1) is 14.1. The maximum atomic E-state index is 13.1. The van der Waals surface area contributed by atoms with Gasteiger partial charge in [-0.3, -0.25) is 0 Å². The Hall–Kier alpha value is -2.27. The van der Waals surface area contributed by atoms with Gasteiger partial charge >= 0.3 is 5.97 Å². The summed E-state index contributed by atoms with van der Waals surface area (Å²) in [6, 6.07) is 8.08. The lowest BCUT2D eigenvalue weighted by Crippen LogP contribution is -2.02. The molecule has 3 N–H and O–H groups in total. The zero-order valence-corrected chi connectivity index (χ0v) is 11.0. The van der Waals surface area contributed by atoms with Gasteiger partial charge in [-0.15, -0.1) is 0 Å². The minimum Gasteiger partial charge on any atom is -0.487 e. The second kappa shape index (κ2) is 5.79. The van der Waals surface area contributed by atoms with Gasteiger partial charge in [0.1, 0.15) is 18.2 Å². The molecule has 0 bridgehead atoms. The normalized spacial score (nSPS) is 10.3. The standard InChI is InChI=1S/C14H11ClFNO3/c15-11-3-2-10(16)5-9(11)7-20-13-4-1-8(14(18)19)6-12(13)17/h1-6H,7,17H2,(H,18,19). The molecule has 0 radical (unpaired) electrons. The molecule has 0 saturated heterocycles. The van der Waals surface area contributed by atoms with Crippen LogP contribution in [0, 0.1) is 5.82 Å². The summed E-state index contributed by atoms with van der Waals surface area (Å²) in [5, 5.41) is 9.20. The topological polar surface area (TPSA) is 72.6 Å². The molecule has 0 aliphatic rings. The van der Waals surface area contributed by atoms with Crippen molar-refractivity contribution in [3.8, 4) is 5.75 Å². The first-order chi connectivity index (χ1) is 9.47. The van der Waals surface area contributed by atoms with Gasteiger partial charge in [0.05, 0.1) is 11.3 Å². The molecule has 104 valence electrons. The number of anilines is 1. The molecule has 0 saturated carbocycles. The van der Waals surface area contributed by atoms with Crippen LogP contribution in [0.2, 0.25) is 5.02 Å². The van der Waals surface area contributed by atoms with E-state index in [2.05, 4.69) is 0 Å². The van der Waals surface area contributed by atoms with E-state index in [4.69, 9.17) is 27.2 Å². The first-order valence-electron chi connectivity index (χ1n) is 5.67. The average Bonchev–Trinajstić information content (AvgIpc) is 2.40. The molecule has 0 heterocycles. The van der Waals surface area contributed by atoms with Crippen molar-refractivity contribution in [2.24, 2.45) is 0 Å². The molecule has 2 aromatic rings. The Morgan fingerprint density at radius 1 is 1.30 bits per heavy atom. The highest BCUT2D eigenvalue weighted by molar-refractivity contribution is 6.31. The van der Waals surface area contributed by atoms with Gasteiger partial charge in [0.15, 0.2) is 0 Å². The van der Waals surface area contributed by atoms with Gasteiger partial charge in [-0.2, -0.15) is 0 Å². The molecule has 20 heavy (non-hydrogen) atoms. The molecular weight excluding hydrogens is 285 g/mol. The summed E-state index contributed by atoms with van der Waals surface area (Å²) < 4.78 is 18.5. The molecule has 6 heteroatoms. The van der Waals surface area contributed by atoms with E-state index < -0.39 is 11.8 Å². The lowest BCUT2D eigenvalue weighted by atomic mass is 10.2. The molecule has 0 aromatic heterocycles. The molecule has 0 fully saturated rings. The third kappa shape index (κ3) is 3.19. The monoisotopic (exact) mass is 295 g/mol. The summed E-state index contributed by atoms with van der Waals surface area (Å²) in [6.45, 7) is 0.0349. The fraction of sp³-hybridized carbons (Fsp3) is 0.0714. The maximum absolute atomic E-state index is 13.1. The molecule has 0 amide bonds. The number of nitrogen functional groups attached to an aromatic ring is 1. The van der Waals surface area contributed by atoms with Crippen molar-refractivity contribution in [2.75, 3.05) is 5.73 Å². The van der Waals surface area contributed by atoms with Crippen molar-refractivity contribution >= 4 is 23.3 Å². The van der Waals surface area contributed by atoms with Gasteiger partial charge in [-0.25, -0.2) is 9.18 Å². The van der Waals surface area contributed by atoms with Crippen molar-refractivity contribution in [1.82, 2.24) is 0 Å². The van der Waals surface area contributed by atoms with E-state index in [1.807, 2.05) is 0 Å². The first-order valence-corrected chi connectivity index (χ1v) is 6.04. The van der Waals surface area contributed by atoms with E-state index in [-0.39, 0.29) is 17.9 Å². The second-order valence-corrected chi connectivity index (χ2v) is 4.49. The Morgan fingerprint density at radius 3 is 2.70 bits per heavy atom. The average molecular weight is 296 g/mol. The molecule has 0 spiro atoms. The van der Waals surface area contributed by atoms with Crippen LogP contribution in [0.3, 0.4) is 0 Å². The van der Waals surface area contributed by atoms with E-state index in [0.717, 1.165) is 0 Å². The van der Waals surface area contributed by atoms with Crippen molar-refractivity contribution < 1.29 is 19.0 Å². The molecule has 0 unspecified atom stereocenters. The Balaban J connectivity index is 2.15.